The second-order valence-electron chi connectivity index (χ2n) is 6.23. The molecule has 5 heteroatoms. The van der Waals surface area contributed by atoms with Gasteiger partial charge in [-0.2, -0.15) is 0 Å². The summed E-state index contributed by atoms with van der Waals surface area (Å²) < 4.78 is 0. The number of carbonyl (C=O) groups is 1. The van der Waals surface area contributed by atoms with E-state index >= 15 is 0 Å². The van der Waals surface area contributed by atoms with Crippen molar-refractivity contribution in [2.24, 2.45) is 0 Å². The van der Waals surface area contributed by atoms with E-state index in [0.717, 1.165) is 41.8 Å². The summed E-state index contributed by atoms with van der Waals surface area (Å²) in [7, 11) is 0. The average molecular weight is 321 g/mol. The van der Waals surface area contributed by atoms with Gasteiger partial charge in [-0.25, -0.2) is 4.98 Å². The largest absolute Gasteiger partial charge is 0.508 e. The van der Waals surface area contributed by atoms with Crippen molar-refractivity contribution in [1.29, 1.82) is 0 Å². The van der Waals surface area contributed by atoms with E-state index in [1.807, 2.05) is 29.2 Å². The van der Waals surface area contributed by atoms with Crippen LogP contribution in [0.25, 0.3) is 11.0 Å². The van der Waals surface area contributed by atoms with Gasteiger partial charge in [-0.15, -0.1) is 0 Å². The van der Waals surface area contributed by atoms with Crippen LogP contribution in [-0.4, -0.2) is 32.4 Å². The molecule has 1 aliphatic heterocycles. The molecule has 0 spiro atoms. The molecule has 0 aliphatic carbocycles. The Labute approximate surface area is 139 Å². The topological polar surface area (TPSA) is 69.2 Å². The van der Waals surface area contributed by atoms with Crippen LogP contribution in [0.15, 0.2) is 48.5 Å². The van der Waals surface area contributed by atoms with Crippen molar-refractivity contribution in [2.75, 3.05) is 6.54 Å². The van der Waals surface area contributed by atoms with Gasteiger partial charge in [-0.3, -0.25) is 4.79 Å². The fourth-order valence-corrected chi connectivity index (χ4v) is 3.37. The third kappa shape index (κ3) is 2.73. The van der Waals surface area contributed by atoms with Crippen molar-refractivity contribution >= 4 is 16.9 Å². The summed E-state index contributed by atoms with van der Waals surface area (Å²) in [6, 6.07) is 14.8. The highest BCUT2D eigenvalue weighted by atomic mass is 16.3. The number of imidazole rings is 1. The molecule has 2 heterocycles. The molecule has 1 aliphatic rings. The number of phenols is 1. The first-order valence-corrected chi connectivity index (χ1v) is 8.23. The molecular weight excluding hydrogens is 302 g/mol. The number of aromatic hydroxyl groups is 1. The average Bonchev–Trinajstić information content (AvgIpc) is 3.23. The number of H-pyrrole nitrogens is 1. The lowest BCUT2D eigenvalue weighted by atomic mass is 10.1. The third-order valence-corrected chi connectivity index (χ3v) is 4.59. The number of benzene rings is 2. The second kappa shape index (κ2) is 6.00. The number of para-hydroxylation sites is 2. The highest BCUT2D eigenvalue weighted by molar-refractivity contribution is 5.80. The summed E-state index contributed by atoms with van der Waals surface area (Å²) in [4.78, 5) is 22.7. The monoisotopic (exact) mass is 321 g/mol. The quantitative estimate of drug-likeness (QED) is 0.778. The van der Waals surface area contributed by atoms with Crippen molar-refractivity contribution in [3.05, 3.63) is 59.9 Å². The number of rotatable bonds is 3. The van der Waals surface area contributed by atoms with Crippen molar-refractivity contribution in [1.82, 2.24) is 14.9 Å². The molecule has 3 aromatic rings. The number of nitrogens with one attached hydrogen (secondary N) is 1. The predicted molar refractivity (Wildman–Crippen MR) is 91.6 cm³/mol. The second-order valence-corrected chi connectivity index (χ2v) is 6.23. The molecule has 24 heavy (non-hydrogen) atoms. The van der Waals surface area contributed by atoms with E-state index < -0.39 is 0 Å². The molecule has 2 aromatic carbocycles. The fraction of sp³-hybridized carbons (Fsp3) is 0.263. The Balaban J connectivity index is 1.55. The van der Waals surface area contributed by atoms with Crippen LogP contribution in [0, 0.1) is 0 Å². The maximum Gasteiger partial charge on any atom is 0.227 e. The minimum absolute atomic E-state index is 0.0158. The Morgan fingerprint density at radius 2 is 2.00 bits per heavy atom. The van der Waals surface area contributed by atoms with Gasteiger partial charge in [0.05, 0.1) is 23.5 Å². The zero-order valence-electron chi connectivity index (χ0n) is 13.3. The summed E-state index contributed by atoms with van der Waals surface area (Å²) in [5.74, 6) is 1.18. The van der Waals surface area contributed by atoms with E-state index in [2.05, 4.69) is 9.97 Å². The lowest BCUT2D eigenvalue weighted by Crippen LogP contribution is -2.32. The molecule has 1 amide bonds. The molecule has 1 unspecified atom stereocenters. The first kappa shape index (κ1) is 14.8. The Morgan fingerprint density at radius 3 is 2.79 bits per heavy atom. The van der Waals surface area contributed by atoms with Crippen LogP contribution in [-0.2, 0) is 11.2 Å². The zero-order valence-corrected chi connectivity index (χ0v) is 13.3. The van der Waals surface area contributed by atoms with Gasteiger partial charge < -0.3 is 15.0 Å². The molecule has 1 fully saturated rings. The molecule has 0 bridgehead atoms. The molecule has 0 radical (unpaired) electrons. The number of hydrogen-bond acceptors (Lipinski definition) is 3. The van der Waals surface area contributed by atoms with E-state index in [4.69, 9.17) is 0 Å². The molecule has 1 atom stereocenters. The minimum Gasteiger partial charge on any atom is -0.508 e. The van der Waals surface area contributed by atoms with E-state index in [0.29, 0.717) is 6.42 Å². The number of aromatic nitrogens is 2. The Kier molecular flexibility index (Phi) is 3.69. The lowest BCUT2D eigenvalue weighted by molar-refractivity contribution is -0.131. The van der Waals surface area contributed by atoms with Crippen LogP contribution in [0.5, 0.6) is 5.75 Å². The first-order chi connectivity index (χ1) is 11.7. The maximum atomic E-state index is 12.7. The van der Waals surface area contributed by atoms with Gasteiger partial charge in [0.1, 0.15) is 11.6 Å². The lowest BCUT2D eigenvalue weighted by Gasteiger charge is -2.23. The van der Waals surface area contributed by atoms with E-state index in [-0.39, 0.29) is 17.7 Å². The number of likely N-dealkylation sites (tertiary alicyclic amines) is 1. The van der Waals surface area contributed by atoms with E-state index in [9.17, 15) is 9.90 Å². The molecule has 122 valence electrons. The fourth-order valence-electron chi connectivity index (χ4n) is 3.37. The van der Waals surface area contributed by atoms with Crippen molar-refractivity contribution in [3.63, 3.8) is 0 Å². The van der Waals surface area contributed by atoms with Crippen molar-refractivity contribution in [2.45, 2.75) is 25.3 Å². The molecule has 5 nitrogen and oxygen atoms in total. The van der Waals surface area contributed by atoms with E-state index in [1.54, 1.807) is 24.3 Å². The number of amides is 1. The molecule has 0 saturated carbocycles. The van der Waals surface area contributed by atoms with Crippen molar-refractivity contribution in [3.8, 4) is 5.75 Å². The molecule has 1 aromatic heterocycles. The van der Waals surface area contributed by atoms with Crippen molar-refractivity contribution < 1.29 is 9.90 Å². The van der Waals surface area contributed by atoms with Crippen LogP contribution < -0.4 is 0 Å². The Bertz CT molecular complexity index is 837. The summed E-state index contributed by atoms with van der Waals surface area (Å²) in [6.45, 7) is 0.763. The number of fused-ring (bicyclic) bond motifs is 1. The first-order valence-electron chi connectivity index (χ1n) is 8.23. The molecule has 2 N–H and O–H groups in total. The number of hydrogen-bond donors (Lipinski definition) is 2. The molecule has 4 rings (SSSR count). The predicted octanol–water partition coefficient (Wildman–Crippen LogP) is 3.17. The smallest absolute Gasteiger partial charge is 0.227 e. The van der Waals surface area contributed by atoms with E-state index in [1.165, 1.54) is 0 Å². The van der Waals surface area contributed by atoms with Crippen LogP contribution in [0.3, 0.4) is 0 Å². The number of nitrogens with zero attached hydrogens (tertiary/aromatic N) is 2. The van der Waals surface area contributed by atoms with Gasteiger partial charge in [0.15, 0.2) is 0 Å². The van der Waals surface area contributed by atoms with Gasteiger partial charge in [0.25, 0.3) is 0 Å². The molecular formula is C19H19N3O2. The van der Waals surface area contributed by atoms with Crippen LogP contribution in [0.2, 0.25) is 0 Å². The summed E-state index contributed by atoms with van der Waals surface area (Å²) >= 11 is 0. The van der Waals surface area contributed by atoms with Crippen LogP contribution in [0.1, 0.15) is 30.3 Å². The van der Waals surface area contributed by atoms with Gasteiger partial charge in [-0.1, -0.05) is 24.3 Å². The zero-order chi connectivity index (χ0) is 16.5. The highest BCUT2D eigenvalue weighted by Crippen LogP contribution is 2.32. The minimum atomic E-state index is 0.0158. The van der Waals surface area contributed by atoms with Gasteiger partial charge in [0.2, 0.25) is 5.91 Å². The van der Waals surface area contributed by atoms with Crippen LogP contribution >= 0.6 is 0 Å². The highest BCUT2D eigenvalue weighted by Gasteiger charge is 2.31. The summed E-state index contributed by atoms with van der Waals surface area (Å²) in [5, 5.41) is 9.35. The summed E-state index contributed by atoms with van der Waals surface area (Å²) in [6.07, 6.45) is 2.27. The van der Waals surface area contributed by atoms with Gasteiger partial charge in [0, 0.05) is 6.54 Å². The Morgan fingerprint density at radius 1 is 1.21 bits per heavy atom. The number of aromatic amines is 1. The maximum absolute atomic E-state index is 12.7. The third-order valence-electron chi connectivity index (χ3n) is 4.59. The number of phenolic OH excluding ortho intramolecular Hbond substituents is 1. The van der Waals surface area contributed by atoms with Gasteiger partial charge in [-0.05, 0) is 42.7 Å². The number of carbonyl (C=O) groups excluding carboxylic acids is 1. The summed E-state index contributed by atoms with van der Waals surface area (Å²) in [5.41, 5.74) is 2.85. The normalized spacial score (nSPS) is 17.5. The molecule has 1 saturated heterocycles. The van der Waals surface area contributed by atoms with Crippen LogP contribution in [0.4, 0.5) is 0 Å². The standard InChI is InChI=1S/C19H19N3O2/c23-14-9-7-13(8-10-14)12-18(24)22-11-3-6-17(22)19-20-15-4-1-2-5-16(15)21-19/h1-2,4-5,7-10,17,23H,3,6,11-12H2,(H,20,21). The SMILES string of the molecule is O=C(Cc1ccc(O)cc1)N1CCCC1c1nc2ccccc2[nH]1. The van der Waals surface area contributed by atoms with Gasteiger partial charge >= 0.3 is 0 Å². The Hall–Kier alpha value is -2.82.